The molecule has 0 spiro atoms. The largest absolute Gasteiger partial charge is 0.468 e. The van der Waals surface area contributed by atoms with E-state index in [1.807, 2.05) is 0 Å². The van der Waals surface area contributed by atoms with Gasteiger partial charge in [0.1, 0.15) is 0 Å². The topological polar surface area (TPSA) is 101 Å². The van der Waals surface area contributed by atoms with Gasteiger partial charge in [-0.25, -0.2) is 14.5 Å². The van der Waals surface area contributed by atoms with Crippen molar-refractivity contribution in [3.8, 4) is 5.88 Å². The molecule has 3 aromatic heterocycles. The highest BCUT2D eigenvalue weighted by Gasteiger charge is 2.29. The minimum atomic E-state index is -4.49. The summed E-state index contributed by atoms with van der Waals surface area (Å²) in [4.78, 5) is 32.0. The highest BCUT2D eigenvalue weighted by atomic mass is 19.4. The molecule has 0 saturated carbocycles. The average Bonchev–Trinajstić information content (AvgIpc) is 3.02. The summed E-state index contributed by atoms with van der Waals surface area (Å²) in [6.07, 6.45) is -3.19. The number of pyridine rings is 1. The number of fused-ring (bicyclic) bond motifs is 1. The Balaban J connectivity index is 1.70. The number of aromatic nitrogens is 4. The quantitative estimate of drug-likeness (QED) is 0.647. The highest BCUT2D eigenvalue weighted by molar-refractivity contribution is 5.79. The summed E-state index contributed by atoms with van der Waals surface area (Å²) in [6, 6.07) is 4.42. The van der Waals surface area contributed by atoms with E-state index in [0.717, 1.165) is 0 Å². The zero-order chi connectivity index (χ0) is 21.2. The molecule has 0 radical (unpaired) electrons. The van der Waals surface area contributed by atoms with E-state index in [2.05, 4.69) is 20.4 Å². The lowest BCUT2D eigenvalue weighted by molar-refractivity contribution is -0.154. The van der Waals surface area contributed by atoms with Crippen LogP contribution in [0.25, 0.3) is 5.65 Å². The summed E-state index contributed by atoms with van der Waals surface area (Å²) in [6.45, 7) is 1.97. The number of aromatic amines is 1. The van der Waals surface area contributed by atoms with E-state index in [4.69, 9.17) is 4.74 Å². The van der Waals surface area contributed by atoms with Crippen molar-refractivity contribution in [1.29, 1.82) is 0 Å². The van der Waals surface area contributed by atoms with Gasteiger partial charge >= 0.3 is 6.18 Å². The number of rotatable bonds is 6. The second-order valence-corrected chi connectivity index (χ2v) is 6.40. The van der Waals surface area contributed by atoms with E-state index in [1.165, 1.54) is 28.9 Å². The predicted molar refractivity (Wildman–Crippen MR) is 96.6 cm³/mol. The third-order valence-electron chi connectivity index (χ3n) is 4.24. The molecule has 0 bridgehead atoms. The molecule has 0 saturated heterocycles. The molecule has 1 amide bonds. The van der Waals surface area contributed by atoms with Gasteiger partial charge in [-0.3, -0.25) is 14.7 Å². The first kappa shape index (κ1) is 20.4. The molecule has 0 aliphatic carbocycles. The molecule has 0 aliphatic rings. The van der Waals surface area contributed by atoms with Crippen LogP contribution in [0.4, 0.5) is 13.2 Å². The number of hydrogen-bond donors (Lipinski definition) is 2. The van der Waals surface area contributed by atoms with E-state index < -0.39 is 12.8 Å². The summed E-state index contributed by atoms with van der Waals surface area (Å²) in [5.41, 5.74) is 2.39. The van der Waals surface area contributed by atoms with Crippen molar-refractivity contribution in [3.63, 3.8) is 0 Å². The van der Waals surface area contributed by atoms with Crippen molar-refractivity contribution in [2.75, 3.05) is 6.61 Å². The van der Waals surface area contributed by atoms with Crippen LogP contribution in [0.3, 0.4) is 0 Å². The van der Waals surface area contributed by atoms with Crippen molar-refractivity contribution in [2.45, 2.75) is 33.0 Å². The Morgan fingerprint density at radius 2 is 2.10 bits per heavy atom. The molecule has 3 rings (SSSR count). The Hall–Kier alpha value is -3.37. The number of alkyl halides is 3. The monoisotopic (exact) mass is 409 g/mol. The van der Waals surface area contributed by atoms with Crippen LogP contribution in [0.2, 0.25) is 0 Å². The summed E-state index contributed by atoms with van der Waals surface area (Å²) >= 11 is 0. The lowest BCUT2D eigenvalue weighted by Crippen LogP contribution is -2.27. The zero-order valence-electron chi connectivity index (χ0n) is 15.6. The smallest absolute Gasteiger partial charge is 0.422 e. The van der Waals surface area contributed by atoms with Gasteiger partial charge in [0.2, 0.25) is 11.8 Å². The number of carbonyl (C=O) groups excluding carboxylic acids is 1. The molecule has 154 valence electrons. The molecule has 0 aromatic carbocycles. The van der Waals surface area contributed by atoms with Gasteiger partial charge in [-0.15, -0.1) is 0 Å². The molecular weight excluding hydrogens is 391 g/mol. The molecule has 8 nitrogen and oxygen atoms in total. The van der Waals surface area contributed by atoms with Gasteiger partial charge in [0.15, 0.2) is 12.3 Å². The van der Waals surface area contributed by atoms with Crippen molar-refractivity contribution in [2.24, 2.45) is 0 Å². The normalized spacial score (nSPS) is 11.6. The van der Waals surface area contributed by atoms with E-state index in [-0.39, 0.29) is 30.3 Å². The van der Waals surface area contributed by atoms with E-state index in [0.29, 0.717) is 28.2 Å². The minimum absolute atomic E-state index is 0.0141. The third kappa shape index (κ3) is 4.92. The van der Waals surface area contributed by atoms with Crippen LogP contribution in [-0.4, -0.2) is 38.3 Å². The minimum Gasteiger partial charge on any atom is -0.468 e. The fourth-order valence-electron chi connectivity index (χ4n) is 2.87. The Kier molecular flexibility index (Phi) is 5.57. The van der Waals surface area contributed by atoms with Crippen LogP contribution >= 0.6 is 0 Å². The average molecular weight is 409 g/mol. The Bertz CT molecular complexity index is 1100. The van der Waals surface area contributed by atoms with Crippen LogP contribution in [0.15, 0.2) is 29.2 Å². The zero-order valence-corrected chi connectivity index (χ0v) is 15.6. The van der Waals surface area contributed by atoms with Gasteiger partial charge in [-0.05, 0) is 19.9 Å². The van der Waals surface area contributed by atoms with Gasteiger partial charge < -0.3 is 10.1 Å². The maximum absolute atomic E-state index is 12.4. The van der Waals surface area contributed by atoms with Gasteiger partial charge in [0, 0.05) is 41.3 Å². The number of ether oxygens (including phenoxy) is 1. The standard InChI is InChI=1S/C18H18F3N5O3/c1-10-13(11(2)26-14(24-10)7-16(28)25-26)6-15(27)23-8-12-4-3-5-22-17(12)29-9-18(19,20)21/h3-5,7H,6,8-9H2,1-2H3,(H,23,27)(H,25,28). The van der Waals surface area contributed by atoms with E-state index in [1.54, 1.807) is 13.8 Å². The first-order valence-electron chi connectivity index (χ1n) is 8.62. The first-order valence-corrected chi connectivity index (χ1v) is 8.62. The Morgan fingerprint density at radius 1 is 1.34 bits per heavy atom. The third-order valence-corrected chi connectivity index (χ3v) is 4.24. The van der Waals surface area contributed by atoms with Crippen LogP contribution in [0.1, 0.15) is 22.5 Å². The van der Waals surface area contributed by atoms with Crippen molar-refractivity contribution < 1.29 is 22.7 Å². The summed E-state index contributed by atoms with van der Waals surface area (Å²) < 4.78 is 43.3. The lowest BCUT2D eigenvalue weighted by Gasteiger charge is -2.14. The molecule has 0 aliphatic heterocycles. The van der Waals surface area contributed by atoms with Crippen molar-refractivity contribution in [3.05, 3.63) is 57.3 Å². The Morgan fingerprint density at radius 3 is 2.83 bits per heavy atom. The Labute approximate surface area is 162 Å². The molecular formula is C18H18F3N5O3. The SMILES string of the molecule is Cc1nc2cc(=O)[nH]n2c(C)c1CC(=O)NCc1cccnc1OCC(F)(F)F. The van der Waals surface area contributed by atoms with Crippen LogP contribution < -0.4 is 15.6 Å². The summed E-state index contributed by atoms with van der Waals surface area (Å²) in [5.74, 6) is -0.553. The molecule has 29 heavy (non-hydrogen) atoms. The highest BCUT2D eigenvalue weighted by Crippen LogP contribution is 2.20. The fraction of sp³-hybridized carbons (Fsp3) is 0.333. The number of halogens is 3. The summed E-state index contributed by atoms with van der Waals surface area (Å²) in [5, 5.41) is 5.25. The predicted octanol–water partition coefficient (Wildman–Crippen LogP) is 1.83. The van der Waals surface area contributed by atoms with Crippen LogP contribution in [0, 0.1) is 13.8 Å². The number of nitrogens with one attached hydrogen (secondary N) is 2. The molecule has 0 unspecified atom stereocenters. The fourth-order valence-corrected chi connectivity index (χ4v) is 2.87. The maximum atomic E-state index is 12.4. The van der Waals surface area contributed by atoms with E-state index in [9.17, 15) is 22.8 Å². The van der Waals surface area contributed by atoms with Crippen molar-refractivity contribution in [1.82, 2.24) is 24.9 Å². The molecule has 3 heterocycles. The number of amides is 1. The van der Waals surface area contributed by atoms with Gasteiger partial charge in [0.05, 0.1) is 6.42 Å². The number of aryl methyl sites for hydroxylation is 2. The number of H-pyrrole nitrogens is 1. The number of nitrogens with zero attached hydrogens (tertiary/aromatic N) is 3. The molecule has 3 aromatic rings. The second-order valence-electron chi connectivity index (χ2n) is 6.40. The van der Waals surface area contributed by atoms with Gasteiger partial charge in [-0.2, -0.15) is 13.2 Å². The molecule has 11 heteroatoms. The van der Waals surface area contributed by atoms with Crippen LogP contribution in [0.5, 0.6) is 5.88 Å². The molecule has 0 atom stereocenters. The second kappa shape index (κ2) is 7.94. The van der Waals surface area contributed by atoms with Gasteiger partial charge in [0.25, 0.3) is 5.56 Å². The summed E-state index contributed by atoms with van der Waals surface area (Å²) in [7, 11) is 0. The van der Waals surface area contributed by atoms with Crippen LogP contribution in [-0.2, 0) is 17.8 Å². The number of hydrogen-bond acceptors (Lipinski definition) is 5. The van der Waals surface area contributed by atoms with Crippen molar-refractivity contribution >= 4 is 11.6 Å². The maximum Gasteiger partial charge on any atom is 0.422 e. The molecule has 2 N–H and O–H groups in total. The van der Waals surface area contributed by atoms with Gasteiger partial charge in [-0.1, -0.05) is 6.07 Å². The lowest BCUT2D eigenvalue weighted by atomic mass is 10.1. The molecule has 0 fully saturated rings. The number of carbonyl (C=O) groups is 1. The first-order chi connectivity index (χ1) is 13.6. The van der Waals surface area contributed by atoms with E-state index >= 15 is 0 Å².